The Morgan fingerprint density at radius 1 is 1.15 bits per heavy atom. The highest BCUT2D eigenvalue weighted by atomic mass is 16.5. The summed E-state index contributed by atoms with van der Waals surface area (Å²) in [7, 11) is 0. The average Bonchev–Trinajstić information content (AvgIpc) is 3.08. The van der Waals surface area contributed by atoms with E-state index in [1.54, 1.807) is 6.92 Å². The third-order valence-corrected chi connectivity index (χ3v) is 4.42. The fraction of sp³-hybridized carbons (Fsp3) is 0.412. The van der Waals surface area contributed by atoms with Crippen molar-refractivity contribution in [1.29, 1.82) is 0 Å². The van der Waals surface area contributed by atoms with Crippen molar-refractivity contribution in [2.75, 3.05) is 6.61 Å². The van der Waals surface area contributed by atoms with Gasteiger partial charge in [0.2, 0.25) is 5.78 Å². The Hall–Kier alpha value is -1.90. The molecule has 0 aliphatic heterocycles. The van der Waals surface area contributed by atoms with Gasteiger partial charge in [0.25, 0.3) is 0 Å². The SMILES string of the molecule is CCOC(=O)C(=O)[C@H]1[C@H](c2ccccc2)[C@H]2C=C[C@@H]1C2. The van der Waals surface area contributed by atoms with Crippen LogP contribution in [0, 0.1) is 17.8 Å². The summed E-state index contributed by atoms with van der Waals surface area (Å²) >= 11 is 0. The van der Waals surface area contributed by atoms with E-state index in [4.69, 9.17) is 4.74 Å². The highest BCUT2D eigenvalue weighted by Crippen LogP contribution is 2.53. The van der Waals surface area contributed by atoms with E-state index in [1.807, 2.05) is 30.3 Å². The number of benzene rings is 1. The minimum Gasteiger partial charge on any atom is -0.460 e. The Morgan fingerprint density at radius 2 is 1.85 bits per heavy atom. The molecule has 0 radical (unpaired) electrons. The molecule has 0 spiro atoms. The lowest BCUT2D eigenvalue weighted by molar-refractivity contribution is -0.156. The Labute approximate surface area is 118 Å². The average molecular weight is 270 g/mol. The van der Waals surface area contributed by atoms with Gasteiger partial charge >= 0.3 is 5.97 Å². The monoisotopic (exact) mass is 270 g/mol. The number of hydrogen-bond donors (Lipinski definition) is 0. The first kappa shape index (κ1) is 13.1. The van der Waals surface area contributed by atoms with Gasteiger partial charge in [0.1, 0.15) is 0 Å². The predicted octanol–water partition coefficient (Wildman–Crippen LogP) is 2.72. The molecular formula is C17H18O3. The van der Waals surface area contributed by atoms with E-state index in [0.717, 1.165) is 12.0 Å². The molecule has 3 nitrogen and oxygen atoms in total. The van der Waals surface area contributed by atoms with Gasteiger partial charge in [-0.15, -0.1) is 0 Å². The number of Topliss-reactive ketones (excluding diaryl/α,β-unsaturated/α-hetero) is 1. The van der Waals surface area contributed by atoms with E-state index in [0.29, 0.717) is 5.92 Å². The zero-order valence-electron chi connectivity index (χ0n) is 11.5. The van der Waals surface area contributed by atoms with E-state index in [1.165, 1.54) is 0 Å². The highest BCUT2D eigenvalue weighted by molar-refractivity contribution is 6.34. The van der Waals surface area contributed by atoms with E-state index >= 15 is 0 Å². The van der Waals surface area contributed by atoms with Gasteiger partial charge in [0.15, 0.2) is 0 Å². The molecule has 2 bridgehead atoms. The van der Waals surface area contributed by atoms with E-state index < -0.39 is 5.97 Å². The lowest BCUT2D eigenvalue weighted by Crippen LogP contribution is -2.33. The van der Waals surface area contributed by atoms with E-state index in [9.17, 15) is 9.59 Å². The van der Waals surface area contributed by atoms with Crippen LogP contribution in [-0.2, 0) is 14.3 Å². The van der Waals surface area contributed by atoms with Crippen LogP contribution < -0.4 is 0 Å². The molecule has 1 aromatic rings. The lowest BCUT2D eigenvalue weighted by Gasteiger charge is -2.26. The smallest absolute Gasteiger partial charge is 0.374 e. The van der Waals surface area contributed by atoms with Crippen LogP contribution in [0.5, 0.6) is 0 Å². The Kier molecular flexibility index (Phi) is 3.43. The molecule has 2 aliphatic rings. The molecule has 0 amide bonds. The van der Waals surface area contributed by atoms with Crippen LogP contribution in [0.1, 0.15) is 24.8 Å². The Bertz CT molecular complexity index is 547. The summed E-state index contributed by atoms with van der Waals surface area (Å²) in [5, 5.41) is 0. The second-order valence-electron chi connectivity index (χ2n) is 5.50. The van der Waals surface area contributed by atoms with Gasteiger partial charge in [-0.1, -0.05) is 42.5 Å². The minimum atomic E-state index is -0.681. The number of ether oxygens (including phenoxy) is 1. The summed E-state index contributed by atoms with van der Waals surface area (Å²) in [4.78, 5) is 24.2. The number of rotatable bonds is 4. The van der Waals surface area contributed by atoms with Gasteiger partial charge in [-0.3, -0.25) is 4.79 Å². The van der Waals surface area contributed by atoms with E-state index in [2.05, 4.69) is 12.2 Å². The predicted molar refractivity (Wildman–Crippen MR) is 75.1 cm³/mol. The molecule has 1 aromatic carbocycles. The molecule has 0 N–H and O–H groups in total. The highest BCUT2D eigenvalue weighted by Gasteiger charge is 2.50. The largest absolute Gasteiger partial charge is 0.460 e. The zero-order chi connectivity index (χ0) is 14.1. The van der Waals surface area contributed by atoms with Crippen LogP contribution in [-0.4, -0.2) is 18.4 Å². The molecule has 4 atom stereocenters. The van der Waals surface area contributed by atoms with Crippen molar-refractivity contribution >= 4 is 11.8 Å². The quantitative estimate of drug-likeness (QED) is 0.480. The van der Waals surface area contributed by atoms with Gasteiger partial charge in [-0.2, -0.15) is 0 Å². The maximum absolute atomic E-state index is 12.4. The summed E-state index contributed by atoms with van der Waals surface area (Å²) in [6.45, 7) is 1.97. The molecule has 0 heterocycles. The standard InChI is InChI=1S/C17H18O3/c1-2-20-17(19)16(18)15-13-9-8-12(10-13)14(15)11-6-4-3-5-7-11/h3-9,12-15H,2,10H2,1H3/t12-,13+,14+,15+/m0/s1. The summed E-state index contributed by atoms with van der Waals surface area (Å²) in [5.74, 6) is -0.639. The minimum absolute atomic E-state index is 0.114. The molecule has 104 valence electrons. The maximum atomic E-state index is 12.4. The number of carbonyl (C=O) groups excluding carboxylic acids is 2. The van der Waals surface area contributed by atoms with Crippen molar-refractivity contribution in [3.05, 3.63) is 48.0 Å². The molecule has 0 unspecified atom stereocenters. The third kappa shape index (κ3) is 2.07. The summed E-state index contributed by atoms with van der Waals surface area (Å²) < 4.78 is 4.90. The lowest BCUT2D eigenvalue weighted by atomic mass is 9.76. The zero-order valence-corrected chi connectivity index (χ0v) is 11.5. The van der Waals surface area contributed by atoms with E-state index in [-0.39, 0.29) is 30.1 Å². The first-order chi connectivity index (χ1) is 9.72. The third-order valence-electron chi connectivity index (χ3n) is 4.42. The Balaban J connectivity index is 1.90. The summed E-state index contributed by atoms with van der Waals surface area (Å²) in [5.41, 5.74) is 1.15. The van der Waals surface area contributed by atoms with Crippen LogP contribution in [0.3, 0.4) is 0 Å². The fourth-order valence-corrected chi connectivity index (χ4v) is 3.65. The van der Waals surface area contributed by atoms with Crippen molar-refractivity contribution in [2.45, 2.75) is 19.3 Å². The number of hydrogen-bond acceptors (Lipinski definition) is 3. The summed E-state index contributed by atoms with van der Waals surface area (Å²) in [6.07, 6.45) is 5.25. The molecule has 20 heavy (non-hydrogen) atoms. The van der Waals surface area contributed by atoms with Crippen molar-refractivity contribution in [3.8, 4) is 0 Å². The van der Waals surface area contributed by atoms with Crippen LogP contribution in [0.2, 0.25) is 0 Å². The topological polar surface area (TPSA) is 43.4 Å². The molecule has 0 aromatic heterocycles. The second-order valence-corrected chi connectivity index (χ2v) is 5.50. The van der Waals surface area contributed by atoms with Crippen molar-refractivity contribution in [3.63, 3.8) is 0 Å². The summed E-state index contributed by atoms with van der Waals surface area (Å²) in [6, 6.07) is 10.0. The number of allylic oxidation sites excluding steroid dienone is 2. The van der Waals surface area contributed by atoms with Gasteiger partial charge in [0.05, 0.1) is 6.61 Å². The van der Waals surface area contributed by atoms with Crippen LogP contribution >= 0.6 is 0 Å². The van der Waals surface area contributed by atoms with Crippen molar-refractivity contribution < 1.29 is 14.3 Å². The van der Waals surface area contributed by atoms with Crippen molar-refractivity contribution in [1.82, 2.24) is 0 Å². The van der Waals surface area contributed by atoms with Gasteiger partial charge in [0, 0.05) is 11.8 Å². The molecule has 3 heteroatoms. The van der Waals surface area contributed by atoms with Gasteiger partial charge in [-0.25, -0.2) is 4.79 Å². The first-order valence-electron chi connectivity index (χ1n) is 7.16. The fourth-order valence-electron chi connectivity index (χ4n) is 3.65. The van der Waals surface area contributed by atoms with Crippen LogP contribution in [0.25, 0.3) is 0 Å². The molecule has 3 rings (SSSR count). The maximum Gasteiger partial charge on any atom is 0.374 e. The number of esters is 1. The molecule has 2 aliphatic carbocycles. The van der Waals surface area contributed by atoms with Crippen LogP contribution in [0.4, 0.5) is 0 Å². The molecule has 1 fully saturated rings. The first-order valence-corrected chi connectivity index (χ1v) is 7.16. The number of fused-ring (bicyclic) bond motifs is 2. The van der Waals surface area contributed by atoms with Crippen molar-refractivity contribution in [2.24, 2.45) is 17.8 Å². The normalized spacial score (nSPS) is 30.4. The number of ketones is 1. The number of carbonyl (C=O) groups is 2. The van der Waals surface area contributed by atoms with Crippen LogP contribution in [0.15, 0.2) is 42.5 Å². The Morgan fingerprint density at radius 3 is 2.55 bits per heavy atom. The van der Waals surface area contributed by atoms with Gasteiger partial charge < -0.3 is 4.74 Å². The molecule has 0 saturated heterocycles. The second kappa shape index (κ2) is 5.23. The molecular weight excluding hydrogens is 252 g/mol. The molecule has 1 saturated carbocycles. The van der Waals surface area contributed by atoms with Gasteiger partial charge in [-0.05, 0) is 30.7 Å².